The summed E-state index contributed by atoms with van der Waals surface area (Å²) >= 11 is 0. The quantitative estimate of drug-likeness (QED) is 0.863. The van der Waals surface area contributed by atoms with Gasteiger partial charge in [-0.2, -0.15) is 9.97 Å². The summed E-state index contributed by atoms with van der Waals surface area (Å²) < 4.78 is 10.0. The predicted molar refractivity (Wildman–Crippen MR) is 77.2 cm³/mol. The van der Waals surface area contributed by atoms with E-state index in [1.165, 1.54) is 39.9 Å². The first-order valence-electron chi connectivity index (χ1n) is 7.29. The van der Waals surface area contributed by atoms with Crippen molar-refractivity contribution in [2.75, 3.05) is 26.1 Å². The Labute approximate surface area is 120 Å². The Bertz CT molecular complexity index is 397. The highest BCUT2D eigenvalue weighted by Crippen LogP contribution is 2.30. The molecule has 0 atom stereocenters. The minimum Gasteiger partial charge on any atom is -0.467 e. The van der Waals surface area contributed by atoms with Crippen LogP contribution in [0.2, 0.25) is 0 Å². The molecule has 2 rings (SSSR count). The molecule has 0 bridgehead atoms. The van der Waals surface area contributed by atoms with Crippen molar-refractivity contribution < 1.29 is 9.47 Å². The maximum Gasteiger partial charge on any atom is 0.324 e. The smallest absolute Gasteiger partial charge is 0.324 e. The Morgan fingerprint density at radius 1 is 1.00 bits per heavy atom. The topological polar surface area (TPSA) is 69.2 Å². The van der Waals surface area contributed by atoms with Crippen molar-refractivity contribution in [2.45, 2.75) is 39.0 Å². The number of hydrogen-bond acceptors (Lipinski definition) is 6. The van der Waals surface area contributed by atoms with E-state index in [9.17, 15) is 0 Å². The normalized spacial score (nSPS) is 22.4. The molecule has 1 aromatic rings. The van der Waals surface area contributed by atoms with Crippen molar-refractivity contribution in [2.24, 2.45) is 11.8 Å². The van der Waals surface area contributed by atoms with Crippen LogP contribution < -0.4 is 14.8 Å². The van der Waals surface area contributed by atoms with Gasteiger partial charge in [0.2, 0.25) is 5.95 Å². The fourth-order valence-electron chi connectivity index (χ4n) is 2.61. The minimum absolute atomic E-state index is 0.269. The maximum atomic E-state index is 5.02. The van der Waals surface area contributed by atoms with Gasteiger partial charge in [-0.25, -0.2) is 0 Å². The minimum atomic E-state index is 0.269. The van der Waals surface area contributed by atoms with E-state index in [1.807, 2.05) is 0 Å². The molecule has 6 nitrogen and oxygen atoms in total. The van der Waals surface area contributed by atoms with Crippen LogP contribution in [0.15, 0.2) is 0 Å². The maximum absolute atomic E-state index is 5.02. The molecule has 0 unspecified atom stereocenters. The molecule has 112 valence electrons. The van der Waals surface area contributed by atoms with E-state index in [-0.39, 0.29) is 12.0 Å². The Kier molecular flexibility index (Phi) is 5.38. The molecule has 0 spiro atoms. The molecule has 1 aliphatic carbocycles. The molecule has 0 aliphatic heterocycles. The van der Waals surface area contributed by atoms with Gasteiger partial charge in [-0.1, -0.05) is 32.6 Å². The zero-order valence-electron chi connectivity index (χ0n) is 12.6. The second-order valence-corrected chi connectivity index (χ2v) is 5.47. The molecule has 1 aromatic heterocycles. The number of methoxy groups -OCH3 is 2. The lowest BCUT2D eigenvalue weighted by atomic mass is 9.81. The van der Waals surface area contributed by atoms with E-state index in [0.717, 1.165) is 24.8 Å². The van der Waals surface area contributed by atoms with Crippen LogP contribution in [0.1, 0.15) is 39.0 Å². The second kappa shape index (κ2) is 7.26. The molecule has 1 N–H and O–H groups in total. The predicted octanol–water partition coefficient (Wildman–Crippen LogP) is 2.52. The lowest BCUT2D eigenvalue weighted by Gasteiger charge is -2.26. The zero-order valence-corrected chi connectivity index (χ0v) is 12.6. The van der Waals surface area contributed by atoms with E-state index < -0.39 is 0 Å². The molecule has 1 fully saturated rings. The van der Waals surface area contributed by atoms with Crippen LogP contribution in [0.5, 0.6) is 12.0 Å². The van der Waals surface area contributed by atoms with E-state index >= 15 is 0 Å². The number of nitrogens with one attached hydrogen (secondary N) is 1. The van der Waals surface area contributed by atoms with Gasteiger partial charge in [0.05, 0.1) is 14.2 Å². The number of nitrogens with zero attached hydrogens (tertiary/aromatic N) is 3. The van der Waals surface area contributed by atoms with E-state index in [4.69, 9.17) is 9.47 Å². The van der Waals surface area contributed by atoms with Gasteiger partial charge < -0.3 is 14.8 Å². The third kappa shape index (κ3) is 4.21. The summed E-state index contributed by atoms with van der Waals surface area (Å²) in [6.07, 6.45) is 6.55. The summed E-state index contributed by atoms with van der Waals surface area (Å²) in [6, 6.07) is 0.539. The SMILES string of the molecule is COc1nc(NCCC2CCC(C)CC2)nc(OC)n1. The lowest BCUT2D eigenvalue weighted by Crippen LogP contribution is -2.16. The second-order valence-electron chi connectivity index (χ2n) is 5.47. The molecule has 20 heavy (non-hydrogen) atoms. The fraction of sp³-hybridized carbons (Fsp3) is 0.786. The van der Waals surface area contributed by atoms with Crippen LogP contribution in [0, 0.1) is 11.8 Å². The van der Waals surface area contributed by atoms with Crippen molar-refractivity contribution in [1.29, 1.82) is 0 Å². The average Bonchev–Trinajstić information content (AvgIpc) is 2.49. The molecule has 1 heterocycles. The number of ether oxygens (including phenoxy) is 2. The molecule has 0 saturated heterocycles. The van der Waals surface area contributed by atoms with E-state index in [1.54, 1.807) is 0 Å². The van der Waals surface area contributed by atoms with Gasteiger partial charge in [-0.05, 0) is 18.3 Å². The summed E-state index contributed by atoms with van der Waals surface area (Å²) in [4.78, 5) is 12.3. The molecule has 6 heteroatoms. The molecule has 1 aliphatic rings. The summed E-state index contributed by atoms with van der Waals surface area (Å²) in [6.45, 7) is 3.22. The van der Waals surface area contributed by atoms with Crippen molar-refractivity contribution in [3.05, 3.63) is 0 Å². The van der Waals surface area contributed by atoms with Crippen LogP contribution >= 0.6 is 0 Å². The Hall–Kier alpha value is -1.59. The Morgan fingerprint density at radius 3 is 2.15 bits per heavy atom. The lowest BCUT2D eigenvalue weighted by molar-refractivity contribution is 0.281. The van der Waals surface area contributed by atoms with Crippen molar-refractivity contribution in [3.8, 4) is 12.0 Å². The zero-order chi connectivity index (χ0) is 14.4. The van der Waals surface area contributed by atoms with Gasteiger partial charge in [-0.15, -0.1) is 4.98 Å². The number of anilines is 1. The molecule has 0 aromatic carbocycles. The van der Waals surface area contributed by atoms with Gasteiger partial charge in [0, 0.05) is 6.54 Å². The van der Waals surface area contributed by atoms with Gasteiger partial charge in [-0.3, -0.25) is 0 Å². The van der Waals surface area contributed by atoms with Gasteiger partial charge >= 0.3 is 12.0 Å². The van der Waals surface area contributed by atoms with Crippen LogP contribution in [0.4, 0.5) is 5.95 Å². The Balaban J connectivity index is 1.81. The van der Waals surface area contributed by atoms with Gasteiger partial charge in [0.15, 0.2) is 0 Å². The summed E-state index contributed by atoms with van der Waals surface area (Å²) in [5.41, 5.74) is 0. The fourth-order valence-corrected chi connectivity index (χ4v) is 2.61. The van der Waals surface area contributed by atoms with Crippen LogP contribution in [0.25, 0.3) is 0 Å². The third-order valence-corrected chi connectivity index (χ3v) is 3.93. The summed E-state index contributed by atoms with van der Waals surface area (Å²) in [5.74, 6) is 2.23. The van der Waals surface area contributed by atoms with Crippen molar-refractivity contribution in [3.63, 3.8) is 0 Å². The molecule has 0 amide bonds. The van der Waals surface area contributed by atoms with E-state index in [2.05, 4.69) is 27.2 Å². The number of aromatic nitrogens is 3. The van der Waals surface area contributed by atoms with Crippen LogP contribution in [-0.2, 0) is 0 Å². The number of rotatable bonds is 6. The highest BCUT2D eigenvalue weighted by Gasteiger charge is 2.17. The van der Waals surface area contributed by atoms with Crippen LogP contribution in [0.3, 0.4) is 0 Å². The molecular formula is C14H24N4O2. The third-order valence-electron chi connectivity index (χ3n) is 3.93. The number of hydrogen-bond donors (Lipinski definition) is 1. The monoisotopic (exact) mass is 280 g/mol. The molecule has 0 radical (unpaired) electrons. The molecule has 1 saturated carbocycles. The first kappa shape index (κ1) is 14.8. The standard InChI is InChI=1S/C14H24N4O2/c1-10-4-6-11(7-5-10)8-9-15-12-16-13(19-2)18-14(17-12)20-3/h10-11H,4-9H2,1-3H3,(H,15,16,17,18). The first-order chi connectivity index (χ1) is 9.71. The highest BCUT2D eigenvalue weighted by atomic mass is 16.5. The van der Waals surface area contributed by atoms with Gasteiger partial charge in [0.25, 0.3) is 0 Å². The van der Waals surface area contributed by atoms with Gasteiger partial charge in [0.1, 0.15) is 0 Å². The van der Waals surface area contributed by atoms with E-state index in [0.29, 0.717) is 5.95 Å². The first-order valence-corrected chi connectivity index (χ1v) is 7.29. The Morgan fingerprint density at radius 2 is 1.60 bits per heavy atom. The highest BCUT2D eigenvalue weighted by molar-refractivity contribution is 5.27. The summed E-state index contributed by atoms with van der Waals surface area (Å²) in [7, 11) is 3.06. The van der Waals surface area contributed by atoms with Crippen molar-refractivity contribution >= 4 is 5.95 Å². The largest absolute Gasteiger partial charge is 0.467 e. The molecular weight excluding hydrogens is 256 g/mol. The van der Waals surface area contributed by atoms with Crippen molar-refractivity contribution in [1.82, 2.24) is 15.0 Å². The summed E-state index contributed by atoms with van der Waals surface area (Å²) in [5, 5.41) is 3.23. The van der Waals surface area contributed by atoms with Crippen LogP contribution in [-0.4, -0.2) is 35.7 Å². The average molecular weight is 280 g/mol.